The van der Waals surface area contributed by atoms with Crippen molar-refractivity contribution in [3.63, 3.8) is 0 Å². The molecule has 152 valence electrons. The number of hydrogen-bond donors (Lipinski definition) is 1. The number of amides is 1. The highest BCUT2D eigenvalue weighted by Crippen LogP contribution is 2.27. The number of ether oxygens (including phenoxy) is 1. The van der Waals surface area contributed by atoms with Crippen LogP contribution in [0.3, 0.4) is 0 Å². The fourth-order valence-corrected chi connectivity index (χ4v) is 2.69. The minimum Gasteiger partial charge on any atom is -0.449 e. The predicted molar refractivity (Wildman–Crippen MR) is 106 cm³/mol. The number of rotatable bonds is 7. The molecule has 1 amide bonds. The van der Waals surface area contributed by atoms with Crippen molar-refractivity contribution in [3.05, 3.63) is 69.3 Å². The topological polar surface area (TPSA) is 119 Å². The van der Waals surface area contributed by atoms with Crippen molar-refractivity contribution in [1.29, 1.82) is 0 Å². The standard InChI is InChI=1S/C20H21N3O6/c1-12(19(25)22(3)4)29-20(26)15-8-6-5-7-14(15)18(24)13-9-10-16(21-2)17(11-13)23(27)28/h5-12,21H,1-4H3/t12-/m0/s1. The first kappa shape index (κ1) is 21.5. The van der Waals surface area contributed by atoms with Gasteiger partial charge in [-0.05, 0) is 25.1 Å². The van der Waals surface area contributed by atoms with E-state index in [-0.39, 0.29) is 28.1 Å². The molecule has 0 heterocycles. The Balaban J connectivity index is 2.39. The number of carbonyl (C=O) groups is 3. The number of nitro benzene ring substituents is 1. The SMILES string of the molecule is CNc1ccc(C(=O)c2ccccc2C(=O)O[C@@H](C)C(=O)N(C)C)cc1[N+](=O)[O-]. The molecule has 1 N–H and O–H groups in total. The summed E-state index contributed by atoms with van der Waals surface area (Å²) in [6.45, 7) is 1.44. The molecule has 2 aromatic carbocycles. The summed E-state index contributed by atoms with van der Waals surface area (Å²) in [4.78, 5) is 49.4. The summed E-state index contributed by atoms with van der Waals surface area (Å²) in [7, 11) is 4.60. The third-order valence-electron chi connectivity index (χ3n) is 4.19. The molecule has 2 rings (SSSR count). The average Bonchev–Trinajstić information content (AvgIpc) is 2.71. The maximum absolute atomic E-state index is 12.9. The number of hydrogen-bond acceptors (Lipinski definition) is 7. The lowest BCUT2D eigenvalue weighted by Crippen LogP contribution is -2.35. The van der Waals surface area contributed by atoms with Gasteiger partial charge in [0.2, 0.25) is 0 Å². The Morgan fingerprint density at radius 3 is 2.28 bits per heavy atom. The summed E-state index contributed by atoms with van der Waals surface area (Å²) in [5.74, 6) is -1.81. The minimum absolute atomic E-state index is 0.0218. The van der Waals surface area contributed by atoms with Crippen molar-refractivity contribution in [2.24, 2.45) is 0 Å². The zero-order valence-electron chi connectivity index (χ0n) is 16.5. The molecule has 9 heteroatoms. The highest BCUT2D eigenvalue weighted by molar-refractivity contribution is 6.15. The van der Waals surface area contributed by atoms with Crippen LogP contribution in [0.5, 0.6) is 0 Å². The molecule has 2 aromatic rings. The first-order valence-electron chi connectivity index (χ1n) is 8.69. The van der Waals surface area contributed by atoms with Crippen LogP contribution in [0.2, 0.25) is 0 Å². The Morgan fingerprint density at radius 2 is 1.72 bits per heavy atom. The molecular weight excluding hydrogens is 378 g/mol. The molecule has 0 aliphatic rings. The lowest BCUT2D eigenvalue weighted by Gasteiger charge is -2.18. The molecule has 9 nitrogen and oxygen atoms in total. The summed E-state index contributed by atoms with van der Waals surface area (Å²) in [5, 5.41) is 13.9. The predicted octanol–water partition coefficient (Wildman–Crippen LogP) is 2.50. The molecule has 0 spiro atoms. The van der Waals surface area contributed by atoms with Gasteiger partial charge in [-0.25, -0.2) is 4.79 Å². The highest BCUT2D eigenvalue weighted by atomic mass is 16.6. The monoisotopic (exact) mass is 399 g/mol. The molecule has 0 aromatic heterocycles. The normalized spacial score (nSPS) is 11.3. The van der Waals surface area contributed by atoms with E-state index in [2.05, 4.69) is 5.32 Å². The van der Waals surface area contributed by atoms with Gasteiger partial charge in [0, 0.05) is 38.3 Å². The number of anilines is 1. The van der Waals surface area contributed by atoms with Gasteiger partial charge in [-0.2, -0.15) is 0 Å². The Bertz CT molecular complexity index is 970. The zero-order valence-corrected chi connectivity index (χ0v) is 16.5. The van der Waals surface area contributed by atoms with Crippen LogP contribution in [0.4, 0.5) is 11.4 Å². The number of nitro groups is 1. The lowest BCUT2D eigenvalue weighted by molar-refractivity contribution is -0.384. The number of benzene rings is 2. The number of nitrogens with one attached hydrogen (secondary N) is 1. The quantitative estimate of drug-likeness (QED) is 0.329. The first-order valence-corrected chi connectivity index (χ1v) is 8.69. The molecule has 0 aliphatic carbocycles. The third-order valence-corrected chi connectivity index (χ3v) is 4.19. The van der Waals surface area contributed by atoms with E-state index in [4.69, 9.17) is 4.74 Å². The van der Waals surface area contributed by atoms with Crippen LogP contribution in [0, 0.1) is 10.1 Å². The van der Waals surface area contributed by atoms with Gasteiger partial charge in [-0.3, -0.25) is 19.7 Å². The Labute approximate surface area is 167 Å². The van der Waals surface area contributed by atoms with E-state index in [1.165, 1.54) is 57.2 Å². The van der Waals surface area contributed by atoms with Gasteiger partial charge in [0.25, 0.3) is 11.6 Å². The molecule has 0 fully saturated rings. The smallest absolute Gasteiger partial charge is 0.339 e. The van der Waals surface area contributed by atoms with E-state index < -0.39 is 28.7 Å². The van der Waals surface area contributed by atoms with Crippen molar-refractivity contribution in [2.45, 2.75) is 13.0 Å². The van der Waals surface area contributed by atoms with E-state index in [9.17, 15) is 24.5 Å². The molecule has 1 atom stereocenters. The van der Waals surface area contributed by atoms with Gasteiger partial charge < -0.3 is 15.0 Å². The summed E-state index contributed by atoms with van der Waals surface area (Å²) in [6.07, 6.45) is -1.03. The molecule has 0 radical (unpaired) electrons. The van der Waals surface area contributed by atoms with Crippen LogP contribution in [0.15, 0.2) is 42.5 Å². The highest BCUT2D eigenvalue weighted by Gasteiger charge is 2.25. The number of esters is 1. The molecule has 0 saturated heterocycles. The van der Waals surface area contributed by atoms with Gasteiger partial charge in [-0.15, -0.1) is 0 Å². The van der Waals surface area contributed by atoms with Crippen LogP contribution in [-0.2, 0) is 9.53 Å². The first-order chi connectivity index (χ1) is 13.7. The molecule has 0 aliphatic heterocycles. The maximum Gasteiger partial charge on any atom is 0.339 e. The van der Waals surface area contributed by atoms with Gasteiger partial charge in [0.05, 0.1) is 10.5 Å². The fraction of sp³-hybridized carbons (Fsp3) is 0.250. The number of ketones is 1. The second-order valence-electron chi connectivity index (χ2n) is 6.39. The van der Waals surface area contributed by atoms with Gasteiger partial charge >= 0.3 is 5.97 Å². The Morgan fingerprint density at radius 1 is 1.10 bits per heavy atom. The van der Waals surface area contributed by atoms with Crippen LogP contribution in [0.1, 0.15) is 33.2 Å². The van der Waals surface area contributed by atoms with Gasteiger partial charge in [0.15, 0.2) is 11.9 Å². The largest absolute Gasteiger partial charge is 0.449 e. The lowest BCUT2D eigenvalue weighted by atomic mass is 9.97. The van der Waals surface area contributed by atoms with Crippen molar-refractivity contribution in [1.82, 2.24) is 4.90 Å². The number of nitrogens with zero attached hydrogens (tertiary/aromatic N) is 2. The van der Waals surface area contributed by atoms with Crippen molar-refractivity contribution >= 4 is 29.0 Å². The van der Waals surface area contributed by atoms with Crippen LogP contribution in [-0.4, -0.2) is 54.7 Å². The molecule has 0 unspecified atom stereocenters. The molecule has 29 heavy (non-hydrogen) atoms. The van der Waals surface area contributed by atoms with Crippen LogP contribution in [0.25, 0.3) is 0 Å². The van der Waals surface area contributed by atoms with Crippen LogP contribution >= 0.6 is 0 Å². The van der Waals surface area contributed by atoms with Crippen molar-refractivity contribution in [3.8, 4) is 0 Å². The zero-order chi connectivity index (χ0) is 21.7. The van der Waals surface area contributed by atoms with E-state index in [1.54, 1.807) is 12.1 Å². The molecular formula is C20H21N3O6. The van der Waals surface area contributed by atoms with Crippen LogP contribution < -0.4 is 5.32 Å². The number of likely N-dealkylation sites (N-methyl/N-ethyl adjacent to an activating group) is 1. The average molecular weight is 399 g/mol. The van der Waals surface area contributed by atoms with Gasteiger partial charge in [0.1, 0.15) is 5.69 Å². The number of carbonyl (C=O) groups excluding carboxylic acids is 3. The Kier molecular flexibility index (Phi) is 6.66. The van der Waals surface area contributed by atoms with E-state index in [1.807, 2.05) is 0 Å². The second kappa shape index (κ2) is 8.96. The second-order valence-corrected chi connectivity index (χ2v) is 6.39. The Hall–Kier alpha value is -3.75. The summed E-state index contributed by atoms with van der Waals surface area (Å²) in [5.41, 5.74) is 0.0389. The molecule has 0 saturated carbocycles. The maximum atomic E-state index is 12.9. The van der Waals surface area contributed by atoms with E-state index in [0.717, 1.165) is 6.07 Å². The summed E-state index contributed by atoms with van der Waals surface area (Å²) >= 11 is 0. The van der Waals surface area contributed by atoms with E-state index in [0.29, 0.717) is 0 Å². The van der Waals surface area contributed by atoms with Crippen molar-refractivity contribution in [2.75, 3.05) is 26.5 Å². The van der Waals surface area contributed by atoms with E-state index >= 15 is 0 Å². The fourth-order valence-electron chi connectivity index (χ4n) is 2.69. The summed E-state index contributed by atoms with van der Waals surface area (Å²) < 4.78 is 5.18. The minimum atomic E-state index is -1.03. The third kappa shape index (κ3) is 4.75. The van der Waals surface area contributed by atoms with Gasteiger partial charge in [-0.1, -0.05) is 18.2 Å². The summed E-state index contributed by atoms with van der Waals surface area (Å²) in [6, 6.07) is 9.95. The van der Waals surface area contributed by atoms with Crippen molar-refractivity contribution < 1.29 is 24.0 Å². The molecule has 0 bridgehead atoms.